The number of rotatable bonds is 5. The summed E-state index contributed by atoms with van der Waals surface area (Å²) in [6.07, 6.45) is 5.99. The van der Waals surface area contributed by atoms with Crippen molar-refractivity contribution in [1.82, 2.24) is 25.5 Å². The molecular weight excluding hydrogens is 364 g/mol. The van der Waals surface area contributed by atoms with E-state index in [0.29, 0.717) is 6.54 Å². The Labute approximate surface area is 168 Å². The Morgan fingerprint density at radius 1 is 1.21 bits per heavy atom. The van der Waals surface area contributed by atoms with Crippen LogP contribution in [0.2, 0.25) is 0 Å². The van der Waals surface area contributed by atoms with Crippen molar-refractivity contribution in [2.75, 3.05) is 18.0 Å². The van der Waals surface area contributed by atoms with Crippen LogP contribution >= 0.6 is 0 Å². The van der Waals surface area contributed by atoms with Gasteiger partial charge in [0.15, 0.2) is 0 Å². The second-order valence-electron chi connectivity index (χ2n) is 7.40. The quantitative estimate of drug-likeness (QED) is 0.551. The van der Waals surface area contributed by atoms with Crippen LogP contribution in [-0.4, -0.2) is 45.2 Å². The molecule has 2 N–H and O–H groups in total. The van der Waals surface area contributed by atoms with Gasteiger partial charge in [-0.1, -0.05) is 24.3 Å². The molecule has 0 spiro atoms. The SMILES string of the molecule is O=C(NCCc1ccc2cn[nH]c2c1)C1CCCN1c1ncnc2ccccc12. The van der Waals surface area contributed by atoms with Gasteiger partial charge in [-0.3, -0.25) is 9.89 Å². The number of anilines is 1. The molecule has 0 radical (unpaired) electrons. The minimum absolute atomic E-state index is 0.0628. The zero-order valence-electron chi connectivity index (χ0n) is 16.0. The number of H-pyrrole nitrogens is 1. The van der Waals surface area contributed by atoms with Gasteiger partial charge in [0.05, 0.1) is 17.2 Å². The van der Waals surface area contributed by atoms with Gasteiger partial charge in [0, 0.05) is 23.9 Å². The van der Waals surface area contributed by atoms with Crippen LogP contribution in [0.1, 0.15) is 18.4 Å². The average Bonchev–Trinajstić information content (AvgIpc) is 3.42. The van der Waals surface area contributed by atoms with Crippen LogP contribution in [-0.2, 0) is 11.2 Å². The number of nitrogens with zero attached hydrogens (tertiary/aromatic N) is 4. The minimum Gasteiger partial charge on any atom is -0.354 e. The molecule has 1 unspecified atom stereocenters. The monoisotopic (exact) mass is 386 g/mol. The van der Waals surface area contributed by atoms with E-state index in [1.165, 1.54) is 5.56 Å². The molecule has 146 valence electrons. The van der Waals surface area contributed by atoms with Gasteiger partial charge in [-0.05, 0) is 43.0 Å². The normalized spacial score (nSPS) is 16.6. The van der Waals surface area contributed by atoms with Crippen LogP contribution in [0.3, 0.4) is 0 Å². The van der Waals surface area contributed by atoms with Gasteiger partial charge in [0.25, 0.3) is 0 Å². The highest BCUT2D eigenvalue weighted by Gasteiger charge is 2.32. The van der Waals surface area contributed by atoms with Crippen molar-refractivity contribution >= 4 is 33.5 Å². The number of hydrogen-bond acceptors (Lipinski definition) is 5. The van der Waals surface area contributed by atoms with Gasteiger partial charge in [-0.15, -0.1) is 0 Å². The summed E-state index contributed by atoms with van der Waals surface area (Å²) in [4.78, 5) is 23.9. The molecule has 0 aliphatic carbocycles. The second kappa shape index (κ2) is 7.50. The maximum Gasteiger partial charge on any atom is 0.242 e. The molecule has 5 rings (SSSR count). The molecular formula is C22H22N6O. The lowest BCUT2D eigenvalue weighted by molar-refractivity contribution is -0.122. The van der Waals surface area contributed by atoms with Gasteiger partial charge < -0.3 is 10.2 Å². The van der Waals surface area contributed by atoms with E-state index in [-0.39, 0.29) is 11.9 Å². The molecule has 0 bridgehead atoms. The predicted molar refractivity (Wildman–Crippen MR) is 113 cm³/mol. The molecule has 29 heavy (non-hydrogen) atoms. The molecule has 4 aromatic rings. The van der Waals surface area contributed by atoms with Gasteiger partial charge >= 0.3 is 0 Å². The van der Waals surface area contributed by atoms with E-state index < -0.39 is 0 Å². The van der Waals surface area contributed by atoms with Crippen molar-refractivity contribution in [3.8, 4) is 0 Å². The highest BCUT2D eigenvalue weighted by molar-refractivity contribution is 5.93. The molecule has 3 heterocycles. The molecule has 1 fully saturated rings. The number of aromatic amines is 1. The first-order valence-electron chi connectivity index (χ1n) is 9.96. The summed E-state index contributed by atoms with van der Waals surface area (Å²) in [7, 11) is 0. The number of carbonyl (C=O) groups is 1. The first-order valence-corrected chi connectivity index (χ1v) is 9.96. The third-order valence-corrected chi connectivity index (χ3v) is 5.57. The minimum atomic E-state index is -0.191. The first-order chi connectivity index (χ1) is 14.3. The Balaban J connectivity index is 1.27. The molecule has 7 heteroatoms. The van der Waals surface area contributed by atoms with E-state index in [1.807, 2.05) is 30.5 Å². The zero-order valence-corrected chi connectivity index (χ0v) is 16.0. The number of hydrogen-bond donors (Lipinski definition) is 2. The molecule has 1 saturated heterocycles. The Hall–Kier alpha value is -3.48. The predicted octanol–water partition coefficient (Wildman–Crippen LogP) is 2.83. The Morgan fingerprint density at radius 3 is 3.10 bits per heavy atom. The highest BCUT2D eigenvalue weighted by atomic mass is 16.2. The summed E-state index contributed by atoms with van der Waals surface area (Å²) >= 11 is 0. The lowest BCUT2D eigenvalue weighted by atomic mass is 10.1. The van der Waals surface area contributed by atoms with E-state index in [4.69, 9.17) is 0 Å². The summed E-state index contributed by atoms with van der Waals surface area (Å²) in [6, 6.07) is 14.0. The first kappa shape index (κ1) is 17.6. The van der Waals surface area contributed by atoms with Crippen LogP contribution in [0, 0.1) is 0 Å². The average molecular weight is 386 g/mol. The molecule has 2 aromatic carbocycles. The van der Waals surface area contributed by atoms with Crippen LogP contribution in [0.25, 0.3) is 21.8 Å². The zero-order chi connectivity index (χ0) is 19.6. The lowest BCUT2D eigenvalue weighted by Gasteiger charge is -2.25. The van der Waals surface area contributed by atoms with Crippen LogP contribution < -0.4 is 10.2 Å². The maximum absolute atomic E-state index is 12.9. The summed E-state index contributed by atoms with van der Waals surface area (Å²) in [6.45, 7) is 1.43. The number of para-hydroxylation sites is 1. The van der Waals surface area contributed by atoms with Crippen molar-refractivity contribution in [2.24, 2.45) is 0 Å². The Kier molecular flexibility index (Phi) is 4.56. The second-order valence-corrected chi connectivity index (χ2v) is 7.40. The van der Waals surface area contributed by atoms with Gasteiger partial charge in [-0.2, -0.15) is 5.10 Å². The molecule has 1 atom stereocenters. The molecule has 1 aliphatic heterocycles. The Bertz CT molecular complexity index is 1160. The van der Waals surface area contributed by atoms with Crippen molar-refractivity contribution < 1.29 is 4.79 Å². The fraction of sp³-hybridized carbons (Fsp3) is 0.273. The van der Waals surface area contributed by atoms with Crippen molar-refractivity contribution in [3.05, 3.63) is 60.6 Å². The molecule has 7 nitrogen and oxygen atoms in total. The van der Waals surface area contributed by atoms with Crippen molar-refractivity contribution in [3.63, 3.8) is 0 Å². The number of nitrogens with one attached hydrogen (secondary N) is 2. The summed E-state index contributed by atoms with van der Waals surface area (Å²) in [5.74, 6) is 0.908. The number of carbonyl (C=O) groups excluding carboxylic acids is 1. The third kappa shape index (κ3) is 3.40. The topological polar surface area (TPSA) is 86.8 Å². The van der Waals surface area contributed by atoms with E-state index in [0.717, 1.165) is 53.4 Å². The number of benzene rings is 2. The van der Waals surface area contributed by atoms with Crippen LogP contribution in [0.4, 0.5) is 5.82 Å². The molecule has 0 saturated carbocycles. The van der Waals surface area contributed by atoms with Crippen LogP contribution in [0.15, 0.2) is 55.0 Å². The van der Waals surface area contributed by atoms with E-state index in [9.17, 15) is 4.79 Å². The largest absolute Gasteiger partial charge is 0.354 e. The van der Waals surface area contributed by atoms with Gasteiger partial charge in [0.1, 0.15) is 18.2 Å². The highest BCUT2D eigenvalue weighted by Crippen LogP contribution is 2.29. The van der Waals surface area contributed by atoms with E-state index in [2.05, 4.69) is 48.6 Å². The number of amides is 1. The fourth-order valence-corrected chi connectivity index (χ4v) is 4.10. The lowest BCUT2D eigenvalue weighted by Crippen LogP contribution is -2.44. The summed E-state index contributed by atoms with van der Waals surface area (Å²) in [5.41, 5.74) is 3.09. The maximum atomic E-state index is 12.9. The van der Waals surface area contributed by atoms with Crippen molar-refractivity contribution in [1.29, 1.82) is 0 Å². The van der Waals surface area contributed by atoms with E-state index >= 15 is 0 Å². The third-order valence-electron chi connectivity index (χ3n) is 5.57. The smallest absolute Gasteiger partial charge is 0.242 e. The van der Waals surface area contributed by atoms with Crippen LogP contribution in [0.5, 0.6) is 0 Å². The molecule has 1 amide bonds. The van der Waals surface area contributed by atoms with Gasteiger partial charge in [-0.25, -0.2) is 9.97 Å². The molecule has 1 aliphatic rings. The van der Waals surface area contributed by atoms with Gasteiger partial charge in [0.2, 0.25) is 5.91 Å². The van der Waals surface area contributed by atoms with E-state index in [1.54, 1.807) is 6.33 Å². The molecule has 2 aromatic heterocycles. The summed E-state index contributed by atoms with van der Waals surface area (Å²) < 4.78 is 0. The fourth-order valence-electron chi connectivity index (χ4n) is 4.10. The number of aromatic nitrogens is 4. The Morgan fingerprint density at radius 2 is 2.14 bits per heavy atom. The standard InChI is InChI=1S/C22H22N6O/c29-22(23-10-9-15-7-8-16-13-26-27-19(16)12-15)20-6-3-11-28(20)21-17-4-1-2-5-18(17)24-14-25-21/h1-2,4-5,7-8,12-14,20H,3,6,9-11H2,(H,23,29)(H,26,27). The van der Waals surface area contributed by atoms with Crippen molar-refractivity contribution in [2.45, 2.75) is 25.3 Å². The summed E-state index contributed by atoms with van der Waals surface area (Å²) in [5, 5.41) is 12.2. The number of fused-ring (bicyclic) bond motifs is 2.